The zero-order valence-corrected chi connectivity index (χ0v) is 13.6. The van der Waals surface area contributed by atoms with Crippen LogP contribution in [0.25, 0.3) is 0 Å². The topological polar surface area (TPSA) is 18.5 Å². The van der Waals surface area contributed by atoms with Gasteiger partial charge in [-0.15, -0.1) is 0 Å². The molecule has 2 atom stereocenters. The van der Waals surface area contributed by atoms with Gasteiger partial charge in [-0.25, -0.2) is 0 Å². The normalized spacial score (nSPS) is 21.6. The molecule has 20 heavy (non-hydrogen) atoms. The highest BCUT2D eigenvalue weighted by molar-refractivity contribution is 5.31. The predicted molar refractivity (Wildman–Crippen MR) is 86.2 cm³/mol. The summed E-state index contributed by atoms with van der Waals surface area (Å²) in [5, 5.41) is 3.48. The number of hydrogen-bond acceptors (Lipinski definition) is 3. The van der Waals surface area contributed by atoms with Gasteiger partial charge in [-0.3, -0.25) is 4.90 Å². The molecular weight excluding hydrogens is 246 g/mol. The van der Waals surface area contributed by atoms with E-state index >= 15 is 0 Å². The largest absolute Gasteiger partial charge is 0.312 e. The third kappa shape index (κ3) is 3.60. The maximum absolute atomic E-state index is 3.48. The van der Waals surface area contributed by atoms with Crippen molar-refractivity contribution in [2.75, 3.05) is 40.8 Å². The molecule has 0 radical (unpaired) electrons. The van der Waals surface area contributed by atoms with E-state index in [9.17, 15) is 0 Å². The van der Waals surface area contributed by atoms with Crippen LogP contribution in [0.4, 0.5) is 0 Å². The molecule has 1 aliphatic heterocycles. The van der Waals surface area contributed by atoms with Gasteiger partial charge in [0.1, 0.15) is 0 Å². The van der Waals surface area contributed by atoms with Gasteiger partial charge in [0, 0.05) is 25.2 Å². The van der Waals surface area contributed by atoms with Crippen LogP contribution in [0.3, 0.4) is 0 Å². The number of likely N-dealkylation sites (N-methyl/N-ethyl adjacent to an activating group) is 2. The predicted octanol–water partition coefficient (Wildman–Crippen LogP) is 2.20. The zero-order chi connectivity index (χ0) is 14.7. The van der Waals surface area contributed by atoms with Gasteiger partial charge in [0.05, 0.1) is 0 Å². The van der Waals surface area contributed by atoms with E-state index in [0.29, 0.717) is 12.1 Å². The van der Waals surface area contributed by atoms with Crippen LogP contribution < -0.4 is 5.32 Å². The van der Waals surface area contributed by atoms with Crippen LogP contribution in [0.1, 0.15) is 29.2 Å². The standard InChI is InChI=1S/C17H29N3/c1-13-6-7-15(10-14(13)2)17(18-3)12-20-9-8-16(11-20)19(4)5/h6-7,10,16-18H,8-9,11-12H2,1-5H3. The molecule has 1 saturated heterocycles. The summed E-state index contributed by atoms with van der Waals surface area (Å²) in [6, 6.07) is 7.98. The minimum atomic E-state index is 0.426. The molecule has 1 aliphatic rings. The van der Waals surface area contributed by atoms with E-state index in [1.165, 1.54) is 36.2 Å². The van der Waals surface area contributed by atoms with Crippen molar-refractivity contribution in [3.63, 3.8) is 0 Å². The molecule has 0 spiro atoms. The van der Waals surface area contributed by atoms with E-state index in [2.05, 4.69) is 68.3 Å². The second-order valence-corrected chi connectivity index (χ2v) is 6.35. The number of nitrogens with zero attached hydrogens (tertiary/aromatic N) is 2. The summed E-state index contributed by atoms with van der Waals surface area (Å²) in [5.74, 6) is 0. The van der Waals surface area contributed by atoms with Crippen LogP contribution in [0, 0.1) is 13.8 Å². The fourth-order valence-corrected chi connectivity index (χ4v) is 3.00. The molecule has 1 aromatic carbocycles. The summed E-state index contributed by atoms with van der Waals surface area (Å²) < 4.78 is 0. The van der Waals surface area contributed by atoms with Crippen LogP contribution in [-0.2, 0) is 0 Å². The average molecular weight is 275 g/mol. The first kappa shape index (κ1) is 15.5. The highest BCUT2D eigenvalue weighted by Crippen LogP contribution is 2.21. The molecular formula is C17H29N3. The Morgan fingerprint density at radius 1 is 1.30 bits per heavy atom. The Kier molecular flexibility index (Phi) is 5.19. The average Bonchev–Trinajstić information content (AvgIpc) is 2.88. The van der Waals surface area contributed by atoms with Crippen molar-refractivity contribution in [1.82, 2.24) is 15.1 Å². The van der Waals surface area contributed by atoms with Crippen LogP contribution in [0.2, 0.25) is 0 Å². The van der Waals surface area contributed by atoms with Crippen molar-refractivity contribution in [2.24, 2.45) is 0 Å². The number of aryl methyl sites for hydroxylation is 2. The lowest BCUT2D eigenvalue weighted by molar-refractivity contribution is 0.253. The van der Waals surface area contributed by atoms with Crippen LogP contribution in [0.5, 0.6) is 0 Å². The summed E-state index contributed by atoms with van der Waals surface area (Å²) in [4.78, 5) is 4.94. The maximum atomic E-state index is 3.48. The van der Waals surface area contributed by atoms with Gasteiger partial charge < -0.3 is 10.2 Å². The SMILES string of the molecule is CNC(CN1CCC(N(C)C)C1)c1ccc(C)c(C)c1. The van der Waals surface area contributed by atoms with E-state index in [0.717, 1.165) is 6.54 Å². The summed E-state index contributed by atoms with van der Waals surface area (Å²) in [5.41, 5.74) is 4.16. The van der Waals surface area contributed by atoms with Crippen molar-refractivity contribution < 1.29 is 0 Å². The van der Waals surface area contributed by atoms with Crippen molar-refractivity contribution >= 4 is 0 Å². The van der Waals surface area contributed by atoms with Gasteiger partial charge in [0.25, 0.3) is 0 Å². The zero-order valence-electron chi connectivity index (χ0n) is 13.6. The summed E-state index contributed by atoms with van der Waals surface area (Å²) in [7, 11) is 6.44. The third-order valence-corrected chi connectivity index (χ3v) is 4.70. The Morgan fingerprint density at radius 2 is 2.05 bits per heavy atom. The second-order valence-electron chi connectivity index (χ2n) is 6.35. The van der Waals surface area contributed by atoms with E-state index in [1.54, 1.807) is 0 Å². The molecule has 112 valence electrons. The minimum Gasteiger partial charge on any atom is -0.312 e. The summed E-state index contributed by atoms with van der Waals surface area (Å²) >= 11 is 0. The number of likely N-dealkylation sites (tertiary alicyclic amines) is 1. The van der Waals surface area contributed by atoms with E-state index in [-0.39, 0.29) is 0 Å². The number of benzene rings is 1. The first-order chi connectivity index (χ1) is 9.51. The number of hydrogen-bond donors (Lipinski definition) is 1. The molecule has 0 aliphatic carbocycles. The second kappa shape index (κ2) is 6.70. The van der Waals surface area contributed by atoms with E-state index < -0.39 is 0 Å². The van der Waals surface area contributed by atoms with Crippen molar-refractivity contribution in [3.8, 4) is 0 Å². The lowest BCUT2D eigenvalue weighted by Gasteiger charge is -2.25. The Balaban J connectivity index is 2.00. The molecule has 3 nitrogen and oxygen atoms in total. The van der Waals surface area contributed by atoms with Crippen LogP contribution >= 0.6 is 0 Å². The molecule has 0 saturated carbocycles. The molecule has 1 N–H and O–H groups in total. The molecule has 0 bridgehead atoms. The molecule has 0 amide bonds. The van der Waals surface area contributed by atoms with Crippen LogP contribution in [0.15, 0.2) is 18.2 Å². The van der Waals surface area contributed by atoms with Gasteiger partial charge in [0.2, 0.25) is 0 Å². The highest BCUT2D eigenvalue weighted by Gasteiger charge is 2.25. The fourth-order valence-electron chi connectivity index (χ4n) is 3.00. The lowest BCUT2D eigenvalue weighted by Crippen LogP contribution is -2.35. The molecule has 3 heteroatoms. The van der Waals surface area contributed by atoms with Gasteiger partial charge in [-0.05, 0) is 64.6 Å². The van der Waals surface area contributed by atoms with Crippen LogP contribution in [-0.4, -0.2) is 56.6 Å². The smallest absolute Gasteiger partial charge is 0.0446 e. The van der Waals surface area contributed by atoms with Crippen molar-refractivity contribution in [1.29, 1.82) is 0 Å². The Morgan fingerprint density at radius 3 is 2.60 bits per heavy atom. The molecule has 1 heterocycles. The first-order valence-electron chi connectivity index (χ1n) is 7.64. The minimum absolute atomic E-state index is 0.426. The van der Waals surface area contributed by atoms with Gasteiger partial charge >= 0.3 is 0 Å². The van der Waals surface area contributed by atoms with E-state index in [1.807, 2.05) is 0 Å². The quantitative estimate of drug-likeness (QED) is 0.889. The maximum Gasteiger partial charge on any atom is 0.0446 e. The van der Waals surface area contributed by atoms with Gasteiger partial charge in [0.15, 0.2) is 0 Å². The Hall–Kier alpha value is -0.900. The summed E-state index contributed by atoms with van der Waals surface area (Å²) in [6.45, 7) is 7.88. The first-order valence-corrected chi connectivity index (χ1v) is 7.64. The molecule has 0 aromatic heterocycles. The van der Waals surface area contributed by atoms with Crippen molar-refractivity contribution in [3.05, 3.63) is 34.9 Å². The highest BCUT2D eigenvalue weighted by atomic mass is 15.2. The lowest BCUT2D eigenvalue weighted by atomic mass is 10.0. The third-order valence-electron chi connectivity index (χ3n) is 4.70. The molecule has 1 aromatic rings. The van der Waals surface area contributed by atoms with Gasteiger partial charge in [-0.2, -0.15) is 0 Å². The Bertz CT molecular complexity index is 442. The molecule has 2 rings (SSSR count). The monoisotopic (exact) mass is 275 g/mol. The van der Waals surface area contributed by atoms with Gasteiger partial charge in [-0.1, -0.05) is 18.2 Å². The molecule has 2 unspecified atom stereocenters. The molecule has 1 fully saturated rings. The number of nitrogens with one attached hydrogen (secondary N) is 1. The number of rotatable bonds is 5. The fraction of sp³-hybridized carbons (Fsp3) is 0.647. The van der Waals surface area contributed by atoms with Crippen molar-refractivity contribution in [2.45, 2.75) is 32.4 Å². The Labute approximate surface area is 124 Å². The van der Waals surface area contributed by atoms with E-state index in [4.69, 9.17) is 0 Å². The summed E-state index contributed by atoms with van der Waals surface area (Å²) in [6.07, 6.45) is 1.29.